The number of amides is 1. The van der Waals surface area contributed by atoms with Crippen LogP contribution in [0.5, 0.6) is 0 Å². The minimum atomic E-state index is 0.0893. The molecule has 2 aliphatic rings. The summed E-state index contributed by atoms with van der Waals surface area (Å²) >= 11 is 0. The molecule has 2 saturated heterocycles. The van der Waals surface area contributed by atoms with Crippen molar-refractivity contribution in [2.75, 3.05) is 31.1 Å². The average Bonchev–Trinajstić information content (AvgIpc) is 3.09. The van der Waals surface area contributed by atoms with Crippen molar-refractivity contribution in [2.45, 2.75) is 39.5 Å². The highest BCUT2D eigenvalue weighted by atomic mass is 16.2. The minimum Gasteiger partial charge on any atom is -0.355 e. The third kappa shape index (κ3) is 3.22. The van der Waals surface area contributed by atoms with Gasteiger partial charge in [-0.2, -0.15) is 0 Å². The molecule has 1 N–H and O–H groups in total. The number of piperidine rings is 2. The molecule has 0 radical (unpaired) electrons. The van der Waals surface area contributed by atoms with Crippen LogP contribution >= 0.6 is 0 Å². The number of carbonyl (C=O) groups excluding carboxylic acids is 1. The molecule has 1 amide bonds. The van der Waals surface area contributed by atoms with E-state index in [1.165, 1.54) is 0 Å². The van der Waals surface area contributed by atoms with Crippen LogP contribution in [0.3, 0.4) is 0 Å². The third-order valence-corrected chi connectivity index (χ3v) is 5.67. The predicted octanol–water partition coefficient (Wildman–Crippen LogP) is 2.74. The van der Waals surface area contributed by atoms with E-state index in [0.717, 1.165) is 80.5 Å². The van der Waals surface area contributed by atoms with E-state index >= 15 is 0 Å². The van der Waals surface area contributed by atoms with E-state index in [1.54, 1.807) is 0 Å². The Morgan fingerprint density at radius 2 is 2.00 bits per heavy atom. The van der Waals surface area contributed by atoms with Gasteiger partial charge < -0.3 is 14.8 Å². The summed E-state index contributed by atoms with van der Waals surface area (Å²) in [5.74, 6) is 2.91. The van der Waals surface area contributed by atoms with Gasteiger partial charge in [-0.1, -0.05) is 6.92 Å². The Bertz CT molecular complexity index is 762. The number of nitrogens with one attached hydrogen (secondary N) is 1. The zero-order valence-electron chi connectivity index (χ0n) is 15.2. The SMILES string of the molecule is Cc1nc(N2CCC[C@@H](C(=O)N3CCC(C)CC3)C2)c2cc[nH]c2n1. The summed E-state index contributed by atoms with van der Waals surface area (Å²) in [5, 5.41) is 1.05. The highest BCUT2D eigenvalue weighted by molar-refractivity contribution is 5.88. The molecule has 0 aliphatic carbocycles. The Hall–Kier alpha value is -2.11. The first-order chi connectivity index (χ1) is 12.1. The van der Waals surface area contributed by atoms with Gasteiger partial charge in [0.25, 0.3) is 0 Å². The number of anilines is 1. The number of likely N-dealkylation sites (tertiary alicyclic amines) is 1. The number of nitrogens with zero attached hydrogens (tertiary/aromatic N) is 4. The van der Waals surface area contributed by atoms with Crippen LogP contribution in [0.25, 0.3) is 11.0 Å². The van der Waals surface area contributed by atoms with E-state index < -0.39 is 0 Å². The normalized spacial score (nSPS) is 22.6. The molecule has 0 saturated carbocycles. The van der Waals surface area contributed by atoms with Gasteiger partial charge >= 0.3 is 0 Å². The minimum absolute atomic E-state index is 0.0893. The second-order valence-corrected chi connectivity index (χ2v) is 7.63. The second kappa shape index (κ2) is 6.65. The van der Waals surface area contributed by atoms with Crippen LogP contribution in [-0.2, 0) is 4.79 Å². The zero-order valence-corrected chi connectivity index (χ0v) is 15.2. The Morgan fingerprint density at radius 3 is 2.80 bits per heavy atom. The topological polar surface area (TPSA) is 65.1 Å². The smallest absolute Gasteiger partial charge is 0.227 e. The second-order valence-electron chi connectivity index (χ2n) is 7.63. The molecule has 6 nitrogen and oxygen atoms in total. The summed E-state index contributed by atoms with van der Waals surface area (Å²) in [5.41, 5.74) is 0.876. The summed E-state index contributed by atoms with van der Waals surface area (Å²) in [6, 6.07) is 2.03. The molecule has 25 heavy (non-hydrogen) atoms. The number of rotatable bonds is 2. The number of H-pyrrole nitrogens is 1. The molecule has 134 valence electrons. The molecule has 0 spiro atoms. The summed E-state index contributed by atoms with van der Waals surface area (Å²) in [6.07, 6.45) is 6.20. The Labute approximate surface area is 148 Å². The molecule has 6 heteroatoms. The molecular weight excluding hydrogens is 314 g/mol. The standard InChI is InChI=1S/C19H27N5O/c1-13-6-10-23(11-7-13)19(25)15-4-3-9-24(12-15)18-16-5-8-20-17(16)21-14(2)22-18/h5,8,13,15H,3-4,6-7,9-12H2,1-2H3,(H,20,21,22)/t15-/m1/s1. The fourth-order valence-electron chi connectivity index (χ4n) is 4.13. The van der Waals surface area contributed by atoms with Crippen molar-refractivity contribution >= 4 is 22.8 Å². The fourth-order valence-corrected chi connectivity index (χ4v) is 4.13. The van der Waals surface area contributed by atoms with Crippen LogP contribution in [0.15, 0.2) is 12.3 Å². The van der Waals surface area contributed by atoms with Crippen LogP contribution in [0.1, 0.15) is 38.4 Å². The van der Waals surface area contributed by atoms with Gasteiger partial charge in [0.1, 0.15) is 17.3 Å². The molecule has 4 rings (SSSR count). The van der Waals surface area contributed by atoms with Crippen molar-refractivity contribution in [3.05, 3.63) is 18.1 Å². The maximum atomic E-state index is 13.0. The first kappa shape index (κ1) is 16.4. The summed E-state index contributed by atoms with van der Waals surface area (Å²) < 4.78 is 0. The maximum Gasteiger partial charge on any atom is 0.227 e. The molecule has 2 aromatic rings. The van der Waals surface area contributed by atoms with Crippen molar-refractivity contribution in [1.29, 1.82) is 0 Å². The van der Waals surface area contributed by atoms with Crippen molar-refractivity contribution in [3.8, 4) is 0 Å². The first-order valence-electron chi connectivity index (χ1n) is 9.47. The van der Waals surface area contributed by atoms with Gasteiger partial charge in [-0.15, -0.1) is 0 Å². The molecule has 1 atom stereocenters. The van der Waals surface area contributed by atoms with Crippen LogP contribution in [-0.4, -0.2) is 51.9 Å². The zero-order chi connectivity index (χ0) is 17.4. The van der Waals surface area contributed by atoms with Gasteiger partial charge in [0.05, 0.1) is 11.3 Å². The Kier molecular flexibility index (Phi) is 4.36. The predicted molar refractivity (Wildman–Crippen MR) is 98.5 cm³/mol. The van der Waals surface area contributed by atoms with E-state index in [9.17, 15) is 4.79 Å². The molecule has 2 aliphatic heterocycles. The van der Waals surface area contributed by atoms with Crippen LogP contribution in [0, 0.1) is 18.8 Å². The number of hydrogen-bond donors (Lipinski definition) is 1. The Balaban J connectivity index is 1.52. The van der Waals surface area contributed by atoms with Gasteiger partial charge in [0.2, 0.25) is 5.91 Å². The quantitative estimate of drug-likeness (QED) is 0.912. The fraction of sp³-hybridized carbons (Fsp3) is 0.632. The Morgan fingerprint density at radius 1 is 1.20 bits per heavy atom. The van der Waals surface area contributed by atoms with Crippen molar-refractivity contribution < 1.29 is 4.79 Å². The summed E-state index contributed by atoms with van der Waals surface area (Å²) in [7, 11) is 0. The van der Waals surface area contributed by atoms with Crippen LogP contribution in [0.4, 0.5) is 5.82 Å². The lowest BCUT2D eigenvalue weighted by molar-refractivity contribution is -0.137. The number of hydrogen-bond acceptors (Lipinski definition) is 4. The number of carbonyl (C=O) groups is 1. The van der Waals surface area contributed by atoms with Gasteiger partial charge in [0.15, 0.2) is 0 Å². The van der Waals surface area contributed by atoms with E-state index in [0.29, 0.717) is 5.91 Å². The summed E-state index contributed by atoms with van der Waals surface area (Å²) in [6.45, 7) is 7.77. The van der Waals surface area contributed by atoms with E-state index in [-0.39, 0.29) is 5.92 Å². The van der Waals surface area contributed by atoms with E-state index in [2.05, 4.69) is 31.7 Å². The molecule has 0 aromatic carbocycles. The number of aryl methyl sites for hydroxylation is 1. The van der Waals surface area contributed by atoms with Crippen molar-refractivity contribution in [2.24, 2.45) is 11.8 Å². The van der Waals surface area contributed by atoms with Crippen LogP contribution < -0.4 is 4.90 Å². The van der Waals surface area contributed by atoms with Gasteiger partial charge in [-0.05, 0) is 44.6 Å². The lowest BCUT2D eigenvalue weighted by Gasteiger charge is -2.38. The average molecular weight is 341 g/mol. The lowest BCUT2D eigenvalue weighted by atomic mass is 9.93. The molecule has 2 fully saturated rings. The van der Waals surface area contributed by atoms with E-state index in [1.807, 2.05) is 19.2 Å². The first-order valence-corrected chi connectivity index (χ1v) is 9.47. The van der Waals surface area contributed by atoms with Gasteiger partial charge in [-0.3, -0.25) is 4.79 Å². The molecular formula is C19H27N5O. The molecule has 0 unspecified atom stereocenters. The third-order valence-electron chi connectivity index (χ3n) is 5.67. The molecule has 0 bridgehead atoms. The molecule has 4 heterocycles. The van der Waals surface area contributed by atoms with E-state index in [4.69, 9.17) is 0 Å². The number of aromatic amines is 1. The van der Waals surface area contributed by atoms with Crippen LogP contribution in [0.2, 0.25) is 0 Å². The lowest BCUT2D eigenvalue weighted by Crippen LogP contribution is -2.47. The monoisotopic (exact) mass is 341 g/mol. The highest BCUT2D eigenvalue weighted by Gasteiger charge is 2.32. The van der Waals surface area contributed by atoms with Gasteiger partial charge in [0, 0.05) is 32.4 Å². The number of fused-ring (bicyclic) bond motifs is 1. The summed E-state index contributed by atoms with van der Waals surface area (Å²) in [4.78, 5) is 29.7. The van der Waals surface area contributed by atoms with Gasteiger partial charge in [-0.25, -0.2) is 9.97 Å². The largest absolute Gasteiger partial charge is 0.355 e. The molecule has 2 aromatic heterocycles. The highest BCUT2D eigenvalue weighted by Crippen LogP contribution is 2.29. The van der Waals surface area contributed by atoms with Crippen molar-refractivity contribution in [3.63, 3.8) is 0 Å². The van der Waals surface area contributed by atoms with Crippen molar-refractivity contribution in [1.82, 2.24) is 19.9 Å². The number of aromatic nitrogens is 3. The maximum absolute atomic E-state index is 13.0.